The highest BCUT2D eigenvalue weighted by Crippen LogP contribution is 2.60. The van der Waals surface area contributed by atoms with Gasteiger partial charge in [-0.05, 0) is 168 Å². The van der Waals surface area contributed by atoms with Gasteiger partial charge in [-0.15, -0.1) is 0 Å². The van der Waals surface area contributed by atoms with E-state index in [9.17, 15) is 24.6 Å². The van der Waals surface area contributed by atoms with Crippen molar-refractivity contribution in [2.24, 2.45) is 17.8 Å². The third kappa shape index (κ3) is 14.4. The maximum absolute atomic E-state index is 15.5. The maximum atomic E-state index is 15.5. The number of aromatic nitrogens is 2. The molecule has 7 aromatic carbocycles. The highest BCUT2D eigenvalue weighted by molar-refractivity contribution is 9.08. The lowest BCUT2D eigenvalue weighted by molar-refractivity contribution is -0.140. The van der Waals surface area contributed by atoms with Gasteiger partial charge in [-0.3, -0.25) is 29.0 Å². The number of hydrogen-bond donors (Lipinski definition) is 2. The van der Waals surface area contributed by atoms with Gasteiger partial charge in [-0.25, -0.2) is 4.79 Å². The molecule has 14 rings (SSSR count). The molecule has 19 nitrogen and oxygen atoms in total. The van der Waals surface area contributed by atoms with Crippen LogP contribution in [0.3, 0.4) is 0 Å². The number of carbonyl (C=O) groups is 5. The van der Waals surface area contributed by atoms with E-state index in [4.69, 9.17) is 36.8 Å². The Bertz CT molecular complexity index is 4900. The van der Waals surface area contributed by atoms with Crippen molar-refractivity contribution in [1.82, 2.24) is 20.1 Å². The Morgan fingerprint density at radius 2 is 1.11 bits per heavy atom. The fraction of sp³-hybridized carbons (Fsp3) is 0.376. The molecule has 0 unspecified atom stereocenters. The normalized spacial score (nSPS) is 21.0. The Morgan fingerprint density at radius 1 is 0.636 bits per heavy atom. The van der Waals surface area contributed by atoms with Gasteiger partial charge in [-0.2, -0.15) is 0 Å². The van der Waals surface area contributed by atoms with E-state index in [1.54, 1.807) is 19.2 Å². The average Bonchev–Trinajstić information content (AvgIpc) is 1.66. The number of ether oxygens (including phenoxy) is 4. The first-order chi connectivity index (χ1) is 50.3. The number of para-hydroxylation sites is 1. The zero-order valence-corrected chi connectivity index (χ0v) is 66.4. The van der Waals surface area contributed by atoms with Crippen molar-refractivity contribution in [3.05, 3.63) is 231 Å². The molecule has 562 valence electrons. The molecule has 22 heteroatoms. The lowest BCUT2D eigenvalue weighted by Gasteiger charge is -2.55. The number of rotatable bonds is 17. The number of alkyl halides is 1. The molecule has 2 heterocycles. The summed E-state index contributed by atoms with van der Waals surface area (Å²) in [4.78, 5) is 75.4. The summed E-state index contributed by atoms with van der Waals surface area (Å²) in [6.45, 7) is 20.8. The fourth-order valence-corrected chi connectivity index (χ4v) is 18.5. The molecule has 1 saturated carbocycles. The van der Waals surface area contributed by atoms with Gasteiger partial charge in [0.25, 0.3) is 11.8 Å². The molecule has 107 heavy (non-hydrogen) atoms. The summed E-state index contributed by atoms with van der Waals surface area (Å²) in [6, 6.07) is 46.9. The van der Waals surface area contributed by atoms with Gasteiger partial charge in [0.05, 0.1) is 25.8 Å². The van der Waals surface area contributed by atoms with Crippen LogP contribution in [0.2, 0.25) is 36.3 Å². The number of ketones is 4. The number of aliphatic hydroxyl groups excluding tert-OH is 2. The van der Waals surface area contributed by atoms with Crippen molar-refractivity contribution in [2.75, 3.05) is 35.3 Å². The van der Waals surface area contributed by atoms with E-state index in [2.05, 4.69) is 80.9 Å². The van der Waals surface area contributed by atoms with Crippen LogP contribution in [0.25, 0.3) is 27.3 Å². The fourth-order valence-electron chi connectivity index (χ4n) is 15.2. The summed E-state index contributed by atoms with van der Waals surface area (Å²) >= 11 is 3.45. The molecular weight excluding hydrogens is 1450 g/mol. The predicted octanol–water partition coefficient (Wildman–Crippen LogP) is 17.7. The summed E-state index contributed by atoms with van der Waals surface area (Å²) in [7, 11) is 3.82. The zero-order chi connectivity index (χ0) is 76.2. The molecule has 2 aromatic heterocycles. The first-order valence-corrected chi connectivity index (χ1v) is 42.7. The van der Waals surface area contributed by atoms with Crippen molar-refractivity contribution in [1.29, 1.82) is 0 Å². The van der Waals surface area contributed by atoms with Crippen LogP contribution in [0.4, 0.5) is 0 Å². The van der Waals surface area contributed by atoms with E-state index in [0.717, 1.165) is 43.8 Å². The summed E-state index contributed by atoms with van der Waals surface area (Å²) < 4.78 is 48.8. The van der Waals surface area contributed by atoms with E-state index in [-0.39, 0.29) is 89.3 Å². The molecule has 9 aromatic rings. The Balaban J connectivity index is 0.000000171. The number of fused-ring (bicyclic) bond motifs is 8. The highest BCUT2D eigenvalue weighted by Gasteiger charge is 2.70. The number of nitrogens with zero attached hydrogens (tertiary/aromatic N) is 4. The number of esters is 1. The van der Waals surface area contributed by atoms with Crippen molar-refractivity contribution in [3.8, 4) is 23.3 Å². The number of Topliss-reactive ketones (excluding diaryl/α,β-unsaturated/α-hetero) is 3. The molecule has 5 aliphatic rings. The lowest BCUT2D eigenvalue weighted by Crippen LogP contribution is -2.68. The first kappa shape index (κ1) is 79.1. The van der Waals surface area contributed by atoms with Crippen LogP contribution in [0.5, 0.6) is 23.3 Å². The van der Waals surface area contributed by atoms with Crippen molar-refractivity contribution in [2.45, 2.75) is 153 Å². The molecule has 7 atom stereocenters. The van der Waals surface area contributed by atoms with Crippen LogP contribution in [0, 0.1) is 17.8 Å². The third-order valence-electron chi connectivity index (χ3n) is 22.3. The van der Waals surface area contributed by atoms with E-state index in [1.807, 2.05) is 197 Å². The van der Waals surface area contributed by atoms with Gasteiger partial charge >= 0.3 is 5.97 Å². The van der Waals surface area contributed by atoms with E-state index in [1.165, 1.54) is 6.08 Å². The molecule has 1 fully saturated rings. The SMILES string of the molecule is C.CN(C)[C@@H]1c2onc(OCc3ccccc3)c2C(=O)[C@@]2(O[Si](C)(C)C(C)(C)C)C(=O)C3=C(O)c4c(cc5ccccc5c4CO)C[C@H]3C[C@@H]12.CN(C)[C@@H]1c2onc(OCc3ccccc3)c2C(=O)[C@@]2(O[Si](C)(C)C(C)(C)C)C(=O)C=CC[C@@H]12.COc1c(C(=O)Oc2ccccc2)c(CBr)cc2ccccc12. The molecule has 0 aliphatic heterocycles. The van der Waals surface area contributed by atoms with E-state index < -0.39 is 69.0 Å². The molecule has 0 amide bonds. The first-order valence-electron chi connectivity index (χ1n) is 35.8. The smallest absolute Gasteiger partial charge is 0.347 e. The Kier molecular flexibility index (Phi) is 22.9. The minimum Gasteiger partial charge on any atom is -0.507 e. The topological polar surface area (TPSA) is 240 Å². The van der Waals surface area contributed by atoms with Gasteiger partial charge in [-0.1, -0.05) is 204 Å². The third-order valence-corrected chi connectivity index (χ3v) is 31.8. The number of methoxy groups -OCH3 is 1. The van der Waals surface area contributed by atoms with Crippen LogP contribution in [-0.2, 0) is 50.0 Å². The standard InChI is InChI=1S/C39H44N2O7Si.C26H34N2O5Si.C19H15BrO3.CH4/c1-38(2,3)49(6,7)48-39-28(32(41(4)5)34-31(36(39)45)37(40-47-34)46-21-22-13-9-8-10-14-22)19-25-18-24-17-23-15-11-12-16-26(23)27(20-42)29(24)33(43)30(25)35(39)44;1-25(2,3)34(6,7)33-26-18(14-11-15-19(26)29)21(28(4)5)22-20(23(26)30)24(27-32-22)31-16-17-12-9-8-10-13-17;1-22-18-16-10-6-5-7-13(16)11-14(12-20)17(18)19(21)23-15-8-3-2-4-9-15;/h8-17,25,28,32,42-43H,18-21H2,1-7H3;8-13,15,18,21H,14,16H2,1-7H3;2-11H,12H2,1H3;1H4/t25-,28-,32-,39-;18-,21-,26-;;/m00../s1. The maximum Gasteiger partial charge on any atom is 0.347 e. The van der Waals surface area contributed by atoms with Crippen LogP contribution in [0.1, 0.15) is 150 Å². The number of hydrogen-bond acceptors (Lipinski definition) is 19. The van der Waals surface area contributed by atoms with Crippen LogP contribution in [0.15, 0.2) is 178 Å². The lowest BCUT2D eigenvalue weighted by atomic mass is 9.57. The van der Waals surface area contributed by atoms with Crippen molar-refractivity contribution < 1.29 is 71.0 Å². The van der Waals surface area contributed by atoms with E-state index >= 15 is 9.59 Å². The highest BCUT2D eigenvalue weighted by atomic mass is 79.9. The minimum atomic E-state index is -2.85. The molecule has 5 aliphatic carbocycles. The zero-order valence-electron chi connectivity index (χ0n) is 62.8. The average molecular weight is 1550 g/mol. The summed E-state index contributed by atoms with van der Waals surface area (Å²) in [5.41, 5.74) is 1.91. The van der Waals surface area contributed by atoms with E-state index in [0.29, 0.717) is 64.3 Å². The number of carbonyl (C=O) groups excluding carboxylic acids is 5. The quantitative estimate of drug-likeness (QED) is 0.0283. The number of allylic oxidation sites excluding steroid dienone is 1. The van der Waals surface area contributed by atoms with Crippen LogP contribution >= 0.6 is 15.9 Å². The Hall–Kier alpha value is -8.98. The largest absolute Gasteiger partial charge is 0.507 e. The molecule has 0 saturated heterocycles. The molecular formula is C85H97BrN4O15Si2. The summed E-state index contributed by atoms with van der Waals surface area (Å²) in [5, 5.41) is 34.8. The molecule has 0 bridgehead atoms. The van der Waals surface area contributed by atoms with Gasteiger partial charge in [0.15, 0.2) is 45.1 Å². The second-order valence-electron chi connectivity index (χ2n) is 31.4. The van der Waals surface area contributed by atoms with Gasteiger partial charge < -0.3 is 47.1 Å². The Labute approximate surface area is 636 Å². The summed E-state index contributed by atoms with van der Waals surface area (Å²) in [6.07, 6.45) is 4.70. The molecule has 0 spiro atoms. The second kappa shape index (κ2) is 30.9. The van der Waals surface area contributed by atoms with Crippen LogP contribution in [-0.4, -0.2) is 123 Å². The number of benzene rings is 7. The van der Waals surface area contributed by atoms with Gasteiger partial charge in [0.2, 0.25) is 17.3 Å². The molecule has 0 radical (unpaired) electrons. The summed E-state index contributed by atoms with van der Waals surface area (Å²) in [5.74, 6) is -1.91. The number of halogens is 1. The number of aliphatic hydroxyl groups is 2. The van der Waals surface area contributed by atoms with Crippen molar-refractivity contribution >= 4 is 89.0 Å². The monoisotopic (exact) mass is 1550 g/mol. The van der Waals surface area contributed by atoms with Crippen molar-refractivity contribution in [3.63, 3.8) is 0 Å². The van der Waals surface area contributed by atoms with Gasteiger partial charge in [0, 0.05) is 33.7 Å². The predicted molar refractivity (Wildman–Crippen MR) is 421 cm³/mol. The Morgan fingerprint density at radius 3 is 1.62 bits per heavy atom. The second-order valence-corrected chi connectivity index (χ2v) is 41.4. The minimum absolute atomic E-state index is 0. The van der Waals surface area contributed by atoms with Crippen LogP contribution < -0.4 is 18.9 Å². The van der Waals surface area contributed by atoms with Gasteiger partial charge in [0.1, 0.15) is 47.2 Å². The molecule has 2 N–H and O–H groups in total.